The molecule has 3 N–H and O–H groups in total. The molecule has 1 atom stereocenters. The number of nitrogens with zero attached hydrogens (tertiary/aromatic N) is 1. The van der Waals surface area contributed by atoms with Gasteiger partial charge in [0.25, 0.3) is 0 Å². The first kappa shape index (κ1) is 14.2. The Morgan fingerprint density at radius 3 is 2.79 bits per heavy atom. The number of ether oxygens (including phenoxy) is 2. The zero-order valence-electron chi connectivity index (χ0n) is 11.7. The summed E-state index contributed by atoms with van der Waals surface area (Å²) >= 11 is 0. The first-order valence-electron chi connectivity index (χ1n) is 6.86. The van der Waals surface area contributed by atoms with Crippen LogP contribution in [0.1, 0.15) is 44.3 Å². The van der Waals surface area contributed by atoms with Crippen LogP contribution in [0.2, 0.25) is 0 Å². The molecule has 1 aromatic heterocycles. The van der Waals surface area contributed by atoms with E-state index in [2.05, 4.69) is 10.4 Å². The van der Waals surface area contributed by atoms with Crippen LogP contribution in [0, 0.1) is 0 Å². The van der Waals surface area contributed by atoms with Crippen LogP contribution in [-0.2, 0) is 4.74 Å². The van der Waals surface area contributed by atoms with E-state index in [9.17, 15) is 0 Å². The maximum Gasteiger partial charge on any atom is 0.142 e. The molecule has 106 valence electrons. The molecule has 1 aliphatic rings. The van der Waals surface area contributed by atoms with E-state index < -0.39 is 0 Å². The summed E-state index contributed by atoms with van der Waals surface area (Å²) < 4.78 is 11.5. The molecule has 1 unspecified atom stereocenters. The van der Waals surface area contributed by atoms with E-state index in [1.54, 1.807) is 13.3 Å². The predicted octanol–water partition coefficient (Wildman–Crippen LogP) is 1.94. The van der Waals surface area contributed by atoms with E-state index in [0.717, 1.165) is 37.1 Å². The van der Waals surface area contributed by atoms with Crippen molar-refractivity contribution in [3.05, 3.63) is 24.0 Å². The third-order valence-electron chi connectivity index (χ3n) is 3.87. The Balaban J connectivity index is 2.37. The molecule has 5 heteroatoms. The molecule has 1 aliphatic carbocycles. The lowest BCUT2D eigenvalue weighted by Gasteiger charge is -2.37. The normalized spacial score (nSPS) is 19.3. The highest BCUT2D eigenvalue weighted by Gasteiger charge is 2.44. The van der Waals surface area contributed by atoms with Crippen molar-refractivity contribution in [3.63, 3.8) is 0 Å². The Hall–Kier alpha value is -1.17. The third kappa shape index (κ3) is 2.73. The molecular formula is C14H23N3O2. The van der Waals surface area contributed by atoms with Gasteiger partial charge in [0, 0.05) is 12.8 Å². The fourth-order valence-electron chi connectivity index (χ4n) is 3.05. The highest BCUT2D eigenvalue weighted by molar-refractivity contribution is 5.31. The summed E-state index contributed by atoms with van der Waals surface area (Å²) in [7, 11) is 1.65. The molecule has 19 heavy (non-hydrogen) atoms. The molecular weight excluding hydrogens is 242 g/mol. The van der Waals surface area contributed by atoms with Gasteiger partial charge in [-0.05, 0) is 31.9 Å². The van der Waals surface area contributed by atoms with Crippen molar-refractivity contribution in [3.8, 4) is 5.75 Å². The van der Waals surface area contributed by atoms with E-state index in [4.69, 9.17) is 15.3 Å². The summed E-state index contributed by atoms with van der Waals surface area (Å²) in [6.07, 6.45) is 6.07. The van der Waals surface area contributed by atoms with Crippen LogP contribution in [-0.4, -0.2) is 24.3 Å². The number of nitrogens with one attached hydrogen (secondary N) is 1. The molecule has 2 rings (SSSR count). The largest absolute Gasteiger partial charge is 0.495 e. The first-order valence-corrected chi connectivity index (χ1v) is 6.86. The van der Waals surface area contributed by atoms with Gasteiger partial charge in [-0.3, -0.25) is 10.8 Å². The van der Waals surface area contributed by atoms with Crippen molar-refractivity contribution >= 4 is 0 Å². The van der Waals surface area contributed by atoms with Crippen molar-refractivity contribution in [1.82, 2.24) is 10.4 Å². The van der Waals surface area contributed by atoms with Crippen molar-refractivity contribution < 1.29 is 9.47 Å². The van der Waals surface area contributed by atoms with Crippen molar-refractivity contribution in [2.45, 2.75) is 44.2 Å². The van der Waals surface area contributed by atoms with Crippen LogP contribution >= 0.6 is 0 Å². The lowest BCUT2D eigenvalue weighted by Crippen LogP contribution is -2.47. The second-order valence-corrected chi connectivity index (χ2v) is 4.90. The van der Waals surface area contributed by atoms with Gasteiger partial charge in [0.15, 0.2) is 0 Å². The quantitative estimate of drug-likeness (QED) is 0.607. The molecule has 0 bridgehead atoms. The summed E-state index contributed by atoms with van der Waals surface area (Å²) in [5, 5.41) is 0. The summed E-state index contributed by atoms with van der Waals surface area (Å²) in [5.41, 5.74) is 3.44. The number of methoxy groups -OCH3 is 1. The summed E-state index contributed by atoms with van der Waals surface area (Å²) in [4.78, 5) is 4.45. The van der Waals surface area contributed by atoms with E-state index in [0.29, 0.717) is 6.61 Å². The minimum absolute atomic E-state index is 0.147. The second kappa shape index (κ2) is 6.32. The van der Waals surface area contributed by atoms with E-state index in [-0.39, 0.29) is 11.6 Å². The van der Waals surface area contributed by atoms with Crippen molar-refractivity contribution in [1.29, 1.82) is 0 Å². The molecule has 1 heterocycles. The number of pyridine rings is 1. The minimum atomic E-state index is -0.273. The van der Waals surface area contributed by atoms with Gasteiger partial charge in [0.1, 0.15) is 11.4 Å². The van der Waals surface area contributed by atoms with Crippen LogP contribution in [0.3, 0.4) is 0 Å². The molecule has 1 fully saturated rings. The Morgan fingerprint density at radius 1 is 1.47 bits per heavy atom. The van der Waals surface area contributed by atoms with E-state index in [1.807, 2.05) is 19.1 Å². The highest BCUT2D eigenvalue weighted by atomic mass is 16.5. The van der Waals surface area contributed by atoms with Crippen LogP contribution in [0.25, 0.3) is 0 Å². The van der Waals surface area contributed by atoms with Crippen LogP contribution in [0.5, 0.6) is 5.75 Å². The molecule has 0 aromatic carbocycles. The number of hydrogen-bond acceptors (Lipinski definition) is 5. The van der Waals surface area contributed by atoms with E-state index in [1.165, 1.54) is 0 Å². The summed E-state index contributed by atoms with van der Waals surface area (Å²) in [6, 6.07) is 3.62. The van der Waals surface area contributed by atoms with Crippen molar-refractivity contribution in [2.75, 3.05) is 13.7 Å². The van der Waals surface area contributed by atoms with Gasteiger partial charge >= 0.3 is 0 Å². The molecule has 1 aromatic rings. The van der Waals surface area contributed by atoms with Crippen LogP contribution in [0.15, 0.2) is 18.3 Å². The fraction of sp³-hybridized carbons (Fsp3) is 0.643. The Bertz CT molecular complexity index is 405. The molecule has 1 saturated carbocycles. The SMILES string of the molecule is CCOC1(C(NN)c2ncccc2OC)CCCC1. The lowest BCUT2D eigenvalue weighted by atomic mass is 9.89. The van der Waals surface area contributed by atoms with Gasteiger partial charge in [-0.25, -0.2) is 5.43 Å². The highest BCUT2D eigenvalue weighted by Crippen LogP contribution is 2.43. The lowest BCUT2D eigenvalue weighted by molar-refractivity contribution is -0.0641. The van der Waals surface area contributed by atoms with Gasteiger partial charge < -0.3 is 9.47 Å². The summed E-state index contributed by atoms with van der Waals surface area (Å²) in [5.74, 6) is 6.54. The van der Waals surface area contributed by atoms with E-state index >= 15 is 0 Å². The van der Waals surface area contributed by atoms with Gasteiger partial charge in [-0.2, -0.15) is 0 Å². The first-order chi connectivity index (χ1) is 9.27. The Kier molecular flexibility index (Phi) is 4.74. The number of nitrogens with two attached hydrogens (primary N) is 1. The monoisotopic (exact) mass is 265 g/mol. The van der Waals surface area contributed by atoms with Crippen LogP contribution in [0.4, 0.5) is 0 Å². The molecule has 0 saturated heterocycles. The zero-order chi connectivity index (χ0) is 13.7. The van der Waals surface area contributed by atoms with Gasteiger partial charge in [-0.15, -0.1) is 0 Å². The zero-order valence-corrected chi connectivity index (χ0v) is 11.7. The molecule has 0 spiro atoms. The number of rotatable bonds is 6. The molecule has 0 amide bonds. The topological polar surface area (TPSA) is 69.4 Å². The number of hydrogen-bond donors (Lipinski definition) is 2. The standard InChI is InChI=1S/C14H23N3O2/c1-3-19-14(8-4-5-9-14)13(17-15)12-11(18-2)7-6-10-16-12/h6-7,10,13,17H,3-5,8-9,15H2,1-2H3. The Labute approximate surface area is 114 Å². The fourth-order valence-corrected chi connectivity index (χ4v) is 3.05. The van der Waals surface area contributed by atoms with Crippen molar-refractivity contribution in [2.24, 2.45) is 5.84 Å². The summed E-state index contributed by atoms with van der Waals surface area (Å²) in [6.45, 7) is 2.69. The van der Waals surface area contributed by atoms with Gasteiger partial charge in [0.05, 0.1) is 18.8 Å². The average molecular weight is 265 g/mol. The van der Waals surface area contributed by atoms with Crippen LogP contribution < -0.4 is 16.0 Å². The predicted molar refractivity (Wildman–Crippen MR) is 73.7 cm³/mol. The van der Waals surface area contributed by atoms with Gasteiger partial charge in [-0.1, -0.05) is 12.8 Å². The molecule has 0 aliphatic heterocycles. The smallest absolute Gasteiger partial charge is 0.142 e. The van der Waals surface area contributed by atoms with Gasteiger partial charge in [0.2, 0.25) is 0 Å². The Morgan fingerprint density at radius 2 is 2.21 bits per heavy atom. The molecule has 0 radical (unpaired) electrons. The number of aromatic nitrogens is 1. The number of hydrazine groups is 1. The maximum absolute atomic E-state index is 6.06. The second-order valence-electron chi connectivity index (χ2n) is 4.90. The average Bonchev–Trinajstić information content (AvgIpc) is 2.90. The minimum Gasteiger partial charge on any atom is -0.495 e. The molecule has 5 nitrogen and oxygen atoms in total. The third-order valence-corrected chi connectivity index (χ3v) is 3.87. The maximum atomic E-state index is 6.06.